The van der Waals surface area contributed by atoms with Crippen LogP contribution in [0.5, 0.6) is 0 Å². The van der Waals surface area contributed by atoms with E-state index in [0.717, 1.165) is 28.4 Å². The highest BCUT2D eigenvalue weighted by molar-refractivity contribution is 6.02. The lowest BCUT2D eigenvalue weighted by molar-refractivity contribution is -0.137. The van der Waals surface area contributed by atoms with E-state index < -0.39 is 28.8 Å². The molecule has 0 bridgehead atoms. The summed E-state index contributed by atoms with van der Waals surface area (Å²) in [6.45, 7) is 1.50. The number of anilines is 1. The number of amides is 2. The summed E-state index contributed by atoms with van der Waals surface area (Å²) in [5.74, 6) is -0.886. The van der Waals surface area contributed by atoms with Crippen molar-refractivity contribution in [1.29, 1.82) is 0 Å². The Bertz CT molecular complexity index is 1250. The largest absolute Gasteiger partial charge is 0.416 e. The number of halogens is 3. The van der Waals surface area contributed by atoms with Gasteiger partial charge in [-0.1, -0.05) is 18.2 Å². The predicted octanol–water partition coefficient (Wildman–Crippen LogP) is 3.44. The van der Waals surface area contributed by atoms with Crippen LogP contribution in [0.15, 0.2) is 59.4 Å². The Balaban J connectivity index is 1.86. The van der Waals surface area contributed by atoms with Crippen molar-refractivity contribution in [3.05, 3.63) is 87.3 Å². The summed E-state index contributed by atoms with van der Waals surface area (Å²) in [5.41, 5.74) is -0.567. The Labute approximate surface area is 187 Å². The third kappa shape index (κ3) is 5.65. The van der Waals surface area contributed by atoms with Crippen LogP contribution in [0.2, 0.25) is 0 Å². The molecule has 2 aromatic carbocycles. The molecule has 7 nitrogen and oxygen atoms in total. The van der Waals surface area contributed by atoms with Gasteiger partial charge in [-0.15, -0.1) is 0 Å². The molecule has 0 aliphatic carbocycles. The quantitative estimate of drug-likeness (QED) is 0.635. The average Bonchev–Trinajstić information content (AvgIpc) is 2.74. The van der Waals surface area contributed by atoms with Crippen LogP contribution >= 0.6 is 0 Å². The number of benzene rings is 2. The lowest BCUT2D eigenvalue weighted by atomic mass is 10.1. The molecule has 0 fully saturated rings. The number of nitrogens with one attached hydrogen (secondary N) is 1. The van der Waals surface area contributed by atoms with E-state index >= 15 is 0 Å². The summed E-state index contributed by atoms with van der Waals surface area (Å²) in [4.78, 5) is 38.3. The Morgan fingerprint density at radius 3 is 2.33 bits per heavy atom. The fraction of sp³-hybridized carbons (Fsp3) is 0.217. The van der Waals surface area contributed by atoms with Crippen molar-refractivity contribution in [2.45, 2.75) is 19.5 Å². The van der Waals surface area contributed by atoms with Gasteiger partial charge in [-0.3, -0.25) is 14.4 Å². The zero-order valence-corrected chi connectivity index (χ0v) is 18.1. The maximum atomic E-state index is 13.1. The smallest absolute Gasteiger partial charge is 0.349 e. The highest BCUT2D eigenvalue weighted by Gasteiger charge is 2.30. The first-order valence-corrected chi connectivity index (χ1v) is 9.85. The monoisotopic (exact) mass is 458 g/mol. The minimum atomic E-state index is -4.55. The minimum Gasteiger partial charge on any atom is -0.349 e. The maximum absolute atomic E-state index is 13.1. The van der Waals surface area contributed by atoms with E-state index in [9.17, 15) is 27.6 Å². The first kappa shape index (κ1) is 23.7. The van der Waals surface area contributed by atoms with Crippen molar-refractivity contribution in [2.24, 2.45) is 0 Å². The Hall–Kier alpha value is -3.95. The van der Waals surface area contributed by atoms with Gasteiger partial charge in [-0.25, -0.2) is 4.68 Å². The number of likely N-dealkylation sites (N-methyl/N-ethyl adjacent to an activating group) is 1. The number of carbonyl (C=O) groups is 2. The molecule has 0 aliphatic rings. The molecule has 0 atom stereocenters. The molecule has 1 heterocycles. The number of alkyl halides is 3. The summed E-state index contributed by atoms with van der Waals surface area (Å²) in [6, 6.07) is 12.1. The molecule has 0 saturated carbocycles. The zero-order valence-electron chi connectivity index (χ0n) is 18.1. The second-order valence-corrected chi connectivity index (χ2v) is 7.57. The maximum Gasteiger partial charge on any atom is 0.416 e. The van der Waals surface area contributed by atoms with Gasteiger partial charge in [0.25, 0.3) is 5.91 Å². The molecule has 3 aromatic rings. The molecule has 0 saturated heterocycles. The van der Waals surface area contributed by atoms with Gasteiger partial charge in [0, 0.05) is 31.5 Å². The van der Waals surface area contributed by atoms with Crippen LogP contribution in [0.25, 0.3) is 5.69 Å². The molecule has 3 rings (SSSR count). The Morgan fingerprint density at radius 1 is 1.06 bits per heavy atom. The topological polar surface area (TPSA) is 84.3 Å². The fourth-order valence-electron chi connectivity index (χ4n) is 3.01. The molecule has 1 aromatic heterocycles. The Morgan fingerprint density at radius 2 is 1.73 bits per heavy atom. The average molecular weight is 458 g/mol. The molecule has 0 spiro atoms. The standard InChI is InChI=1S/C23H21F3N4O3/c1-14-11-19(31)21(28-30(14)18-6-4-5-16(13-18)23(24,25)26)22(33)27-17-9-7-15(8-10-17)12-20(32)29(2)3/h4-11,13H,12H2,1-3H3,(H,27,33). The predicted molar refractivity (Wildman–Crippen MR) is 116 cm³/mol. The van der Waals surface area contributed by atoms with Gasteiger partial charge in [0.15, 0.2) is 5.69 Å². The summed E-state index contributed by atoms with van der Waals surface area (Å²) >= 11 is 0. The van der Waals surface area contributed by atoms with Gasteiger partial charge in [0.2, 0.25) is 11.3 Å². The second kappa shape index (κ2) is 9.27. The molecule has 0 radical (unpaired) electrons. The molecule has 2 amide bonds. The SMILES string of the molecule is Cc1cc(=O)c(C(=O)Nc2ccc(CC(=O)N(C)C)cc2)nn1-c1cccc(C(F)(F)F)c1. The molecule has 10 heteroatoms. The van der Waals surface area contributed by atoms with E-state index in [-0.39, 0.29) is 23.7 Å². The second-order valence-electron chi connectivity index (χ2n) is 7.57. The van der Waals surface area contributed by atoms with Gasteiger partial charge in [0.05, 0.1) is 17.7 Å². The molecule has 0 aliphatic heterocycles. The zero-order chi connectivity index (χ0) is 24.3. The van der Waals surface area contributed by atoms with Crippen LogP contribution in [0, 0.1) is 6.92 Å². The molecule has 33 heavy (non-hydrogen) atoms. The van der Waals surface area contributed by atoms with Crippen molar-refractivity contribution in [2.75, 3.05) is 19.4 Å². The van der Waals surface area contributed by atoms with Crippen molar-refractivity contribution >= 4 is 17.5 Å². The van der Waals surface area contributed by atoms with Crippen molar-refractivity contribution in [3.8, 4) is 5.69 Å². The van der Waals surface area contributed by atoms with E-state index in [1.807, 2.05) is 0 Å². The first-order chi connectivity index (χ1) is 15.5. The number of aryl methyl sites for hydroxylation is 1. The van der Waals surface area contributed by atoms with Crippen molar-refractivity contribution < 1.29 is 22.8 Å². The van der Waals surface area contributed by atoms with E-state index in [0.29, 0.717) is 5.69 Å². The number of hydrogen-bond acceptors (Lipinski definition) is 4. The van der Waals surface area contributed by atoms with Crippen LogP contribution in [-0.2, 0) is 17.4 Å². The van der Waals surface area contributed by atoms with Crippen LogP contribution in [-0.4, -0.2) is 40.6 Å². The van der Waals surface area contributed by atoms with Gasteiger partial charge >= 0.3 is 6.18 Å². The van der Waals surface area contributed by atoms with Crippen LogP contribution in [0.1, 0.15) is 27.3 Å². The van der Waals surface area contributed by atoms with E-state index in [2.05, 4.69) is 10.4 Å². The number of hydrogen-bond donors (Lipinski definition) is 1. The lowest BCUT2D eigenvalue weighted by Gasteiger charge is -2.14. The molecular weight excluding hydrogens is 437 g/mol. The van der Waals surface area contributed by atoms with Crippen LogP contribution in [0.4, 0.5) is 18.9 Å². The normalized spacial score (nSPS) is 11.2. The van der Waals surface area contributed by atoms with Gasteiger partial charge < -0.3 is 10.2 Å². The third-order valence-electron chi connectivity index (χ3n) is 4.81. The summed E-state index contributed by atoms with van der Waals surface area (Å²) in [5, 5.41) is 6.56. The number of aromatic nitrogens is 2. The first-order valence-electron chi connectivity index (χ1n) is 9.85. The van der Waals surface area contributed by atoms with Gasteiger partial charge in [-0.2, -0.15) is 18.3 Å². The molecule has 1 N–H and O–H groups in total. The lowest BCUT2D eigenvalue weighted by Crippen LogP contribution is -2.27. The van der Waals surface area contributed by atoms with Crippen molar-refractivity contribution in [1.82, 2.24) is 14.7 Å². The number of nitrogens with zero attached hydrogens (tertiary/aromatic N) is 3. The highest BCUT2D eigenvalue weighted by atomic mass is 19.4. The summed E-state index contributed by atoms with van der Waals surface area (Å²) in [7, 11) is 3.30. The van der Waals surface area contributed by atoms with E-state index in [4.69, 9.17) is 0 Å². The van der Waals surface area contributed by atoms with Gasteiger partial charge in [-0.05, 0) is 42.8 Å². The third-order valence-corrected chi connectivity index (χ3v) is 4.81. The summed E-state index contributed by atoms with van der Waals surface area (Å²) < 4.78 is 40.3. The van der Waals surface area contributed by atoms with E-state index in [1.54, 1.807) is 38.4 Å². The van der Waals surface area contributed by atoms with Crippen LogP contribution in [0.3, 0.4) is 0 Å². The van der Waals surface area contributed by atoms with E-state index in [1.165, 1.54) is 24.0 Å². The minimum absolute atomic E-state index is 0.0614. The van der Waals surface area contributed by atoms with Crippen molar-refractivity contribution in [3.63, 3.8) is 0 Å². The fourth-order valence-corrected chi connectivity index (χ4v) is 3.01. The molecule has 172 valence electrons. The Kier molecular flexibility index (Phi) is 6.66. The van der Waals surface area contributed by atoms with Gasteiger partial charge in [0.1, 0.15) is 0 Å². The summed E-state index contributed by atoms with van der Waals surface area (Å²) in [6.07, 6.45) is -4.35. The number of rotatable bonds is 5. The number of carbonyl (C=O) groups excluding carboxylic acids is 2. The molecular formula is C23H21F3N4O3. The highest BCUT2D eigenvalue weighted by Crippen LogP contribution is 2.30. The van der Waals surface area contributed by atoms with Crippen LogP contribution < -0.4 is 10.7 Å². The molecule has 0 unspecified atom stereocenters.